The first kappa shape index (κ1) is 13.8. The van der Waals surface area contributed by atoms with Gasteiger partial charge in [0.25, 0.3) is 10.0 Å². The fourth-order valence-electron chi connectivity index (χ4n) is 2.19. The van der Waals surface area contributed by atoms with Gasteiger partial charge in [0.2, 0.25) is 0 Å². The Kier molecular flexibility index (Phi) is 3.96. The van der Waals surface area contributed by atoms with Gasteiger partial charge in [0.15, 0.2) is 5.03 Å². The summed E-state index contributed by atoms with van der Waals surface area (Å²) in [6.45, 7) is 1.67. The molecular formula is C10H17ClN4O2S. The number of hydrogen-bond acceptors (Lipinski definition) is 4. The molecule has 1 fully saturated rings. The molecule has 102 valence electrons. The standard InChI is InChI=1S/C10H17ClN4O2S/c1-14-10(9(11)7-13-14)18(16,17)15(2)8-3-5-12-6-4-8/h7-8,12H,3-6H2,1-2H3. The molecule has 0 aliphatic carbocycles. The van der Waals surface area contributed by atoms with E-state index in [1.807, 2.05) is 0 Å². The van der Waals surface area contributed by atoms with Crippen molar-refractivity contribution in [2.24, 2.45) is 7.05 Å². The van der Waals surface area contributed by atoms with E-state index < -0.39 is 10.0 Å². The maximum absolute atomic E-state index is 12.5. The summed E-state index contributed by atoms with van der Waals surface area (Å²) in [5.74, 6) is 0. The van der Waals surface area contributed by atoms with Gasteiger partial charge in [0, 0.05) is 20.1 Å². The van der Waals surface area contributed by atoms with Crippen LogP contribution in [0.1, 0.15) is 12.8 Å². The minimum Gasteiger partial charge on any atom is -0.317 e. The van der Waals surface area contributed by atoms with Crippen LogP contribution in [-0.2, 0) is 17.1 Å². The number of aromatic nitrogens is 2. The van der Waals surface area contributed by atoms with Gasteiger partial charge in [-0.15, -0.1) is 0 Å². The van der Waals surface area contributed by atoms with Crippen LogP contribution in [0.25, 0.3) is 0 Å². The zero-order valence-electron chi connectivity index (χ0n) is 10.4. The molecule has 1 aromatic rings. The van der Waals surface area contributed by atoms with Gasteiger partial charge >= 0.3 is 0 Å². The van der Waals surface area contributed by atoms with Crippen LogP contribution in [0.3, 0.4) is 0 Å². The lowest BCUT2D eigenvalue weighted by Crippen LogP contribution is -2.44. The summed E-state index contributed by atoms with van der Waals surface area (Å²) in [7, 11) is -0.398. The normalized spacial score (nSPS) is 18.4. The van der Waals surface area contributed by atoms with Crippen LogP contribution in [0.15, 0.2) is 11.2 Å². The molecule has 0 atom stereocenters. The van der Waals surface area contributed by atoms with Crippen LogP contribution in [0.2, 0.25) is 5.02 Å². The van der Waals surface area contributed by atoms with Crippen LogP contribution >= 0.6 is 11.6 Å². The highest BCUT2D eigenvalue weighted by Gasteiger charge is 2.32. The van der Waals surface area contributed by atoms with Crippen molar-refractivity contribution in [1.82, 2.24) is 19.4 Å². The third kappa shape index (κ3) is 2.40. The Labute approximate surface area is 112 Å². The lowest BCUT2D eigenvalue weighted by molar-refractivity contribution is 0.295. The number of hydrogen-bond donors (Lipinski definition) is 1. The van der Waals surface area contributed by atoms with Gasteiger partial charge in [-0.1, -0.05) is 11.6 Å². The Hall–Kier alpha value is -0.630. The maximum Gasteiger partial charge on any atom is 0.261 e. The number of halogens is 1. The van der Waals surface area contributed by atoms with E-state index in [2.05, 4.69) is 10.4 Å². The largest absolute Gasteiger partial charge is 0.317 e. The van der Waals surface area contributed by atoms with Crippen molar-refractivity contribution < 1.29 is 8.42 Å². The van der Waals surface area contributed by atoms with Crippen molar-refractivity contribution in [1.29, 1.82) is 0 Å². The summed E-state index contributed by atoms with van der Waals surface area (Å²) in [4.78, 5) is 0. The Morgan fingerprint density at radius 1 is 1.50 bits per heavy atom. The highest BCUT2D eigenvalue weighted by atomic mass is 35.5. The second-order valence-corrected chi connectivity index (χ2v) is 6.74. The lowest BCUT2D eigenvalue weighted by atomic mass is 10.1. The molecule has 1 aliphatic heterocycles. The van der Waals surface area contributed by atoms with Gasteiger partial charge in [-0.05, 0) is 25.9 Å². The van der Waals surface area contributed by atoms with Crippen molar-refractivity contribution in [3.63, 3.8) is 0 Å². The van der Waals surface area contributed by atoms with Gasteiger partial charge in [0.05, 0.1) is 11.2 Å². The summed E-state index contributed by atoms with van der Waals surface area (Å²) in [5, 5.41) is 7.32. The average molecular weight is 293 g/mol. The zero-order valence-corrected chi connectivity index (χ0v) is 12.0. The molecule has 2 heterocycles. The molecule has 0 spiro atoms. The van der Waals surface area contributed by atoms with Crippen LogP contribution in [0.5, 0.6) is 0 Å². The molecule has 1 saturated heterocycles. The number of rotatable bonds is 3. The highest BCUT2D eigenvalue weighted by molar-refractivity contribution is 7.89. The van der Waals surface area contributed by atoms with Crippen molar-refractivity contribution in [2.45, 2.75) is 23.9 Å². The SMILES string of the molecule is CN(C1CCNCC1)S(=O)(=O)c1c(Cl)cnn1C. The summed E-state index contributed by atoms with van der Waals surface area (Å²) in [6.07, 6.45) is 2.97. The first-order valence-corrected chi connectivity index (χ1v) is 7.62. The molecule has 0 radical (unpaired) electrons. The molecule has 2 rings (SSSR count). The van der Waals surface area contributed by atoms with Crippen LogP contribution in [-0.4, -0.2) is 48.7 Å². The molecule has 6 nitrogen and oxygen atoms in total. The Bertz CT molecular complexity index is 502. The van der Waals surface area contributed by atoms with E-state index in [0.717, 1.165) is 25.9 Å². The first-order chi connectivity index (χ1) is 8.44. The number of piperidine rings is 1. The minimum absolute atomic E-state index is 0.0159. The third-order valence-corrected chi connectivity index (χ3v) is 5.71. The smallest absolute Gasteiger partial charge is 0.261 e. The molecule has 0 unspecified atom stereocenters. The Balaban J connectivity index is 2.30. The van der Waals surface area contributed by atoms with Gasteiger partial charge in [0.1, 0.15) is 0 Å². The summed E-state index contributed by atoms with van der Waals surface area (Å²) in [6, 6.07) is 0.0159. The number of nitrogens with one attached hydrogen (secondary N) is 1. The molecule has 1 aromatic heterocycles. The topological polar surface area (TPSA) is 67.2 Å². The molecule has 18 heavy (non-hydrogen) atoms. The van der Waals surface area contributed by atoms with E-state index in [-0.39, 0.29) is 16.1 Å². The van der Waals surface area contributed by atoms with Crippen molar-refractivity contribution in [2.75, 3.05) is 20.1 Å². The number of sulfonamides is 1. The second-order valence-electron chi connectivity index (χ2n) is 4.42. The van der Waals surface area contributed by atoms with Crippen LogP contribution in [0.4, 0.5) is 0 Å². The van der Waals surface area contributed by atoms with Crippen molar-refractivity contribution in [3.05, 3.63) is 11.2 Å². The Morgan fingerprint density at radius 3 is 2.61 bits per heavy atom. The monoisotopic (exact) mass is 292 g/mol. The Morgan fingerprint density at radius 2 is 2.11 bits per heavy atom. The first-order valence-electron chi connectivity index (χ1n) is 5.81. The fourth-order valence-corrected chi connectivity index (χ4v) is 4.21. The van der Waals surface area contributed by atoms with E-state index in [0.29, 0.717) is 0 Å². The van der Waals surface area contributed by atoms with E-state index in [1.54, 1.807) is 14.1 Å². The molecule has 0 saturated carbocycles. The maximum atomic E-state index is 12.5. The van der Waals surface area contributed by atoms with E-state index in [9.17, 15) is 8.42 Å². The molecule has 1 aliphatic rings. The van der Waals surface area contributed by atoms with Gasteiger partial charge in [-0.2, -0.15) is 9.40 Å². The number of nitrogens with zero attached hydrogens (tertiary/aromatic N) is 3. The average Bonchev–Trinajstić information content (AvgIpc) is 2.69. The minimum atomic E-state index is -3.58. The van der Waals surface area contributed by atoms with E-state index >= 15 is 0 Å². The molecule has 1 N–H and O–H groups in total. The lowest BCUT2D eigenvalue weighted by Gasteiger charge is -2.30. The van der Waals surface area contributed by atoms with E-state index in [1.165, 1.54) is 15.2 Å². The quantitative estimate of drug-likeness (QED) is 0.878. The molecular weight excluding hydrogens is 276 g/mol. The summed E-state index contributed by atoms with van der Waals surface area (Å²) >= 11 is 5.91. The molecule has 0 amide bonds. The summed E-state index contributed by atoms with van der Waals surface area (Å²) in [5.41, 5.74) is 0. The number of aryl methyl sites for hydroxylation is 1. The van der Waals surface area contributed by atoms with E-state index in [4.69, 9.17) is 11.6 Å². The van der Waals surface area contributed by atoms with Crippen LogP contribution < -0.4 is 5.32 Å². The van der Waals surface area contributed by atoms with Gasteiger partial charge in [-0.25, -0.2) is 8.42 Å². The predicted octanol–water partition coefficient (Wildman–Crippen LogP) is 0.446. The van der Waals surface area contributed by atoms with Crippen molar-refractivity contribution in [3.8, 4) is 0 Å². The van der Waals surface area contributed by atoms with Crippen LogP contribution in [0, 0.1) is 0 Å². The molecule has 0 bridgehead atoms. The zero-order chi connectivity index (χ0) is 13.3. The highest BCUT2D eigenvalue weighted by Crippen LogP contribution is 2.25. The fraction of sp³-hybridized carbons (Fsp3) is 0.700. The molecule has 0 aromatic carbocycles. The van der Waals surface area contributed by atoms with Gasteiger partial charge < -0.3 is 5.32 Å². The second kappa shape index (κ2) is 5.16. The van der Waals surface area contributed by atoms with Gasteiger partial charge in [-0.3, -0.25) is 4.68 Å². The summed E-state index contributed by atoms with van der Waals surface area (Å²) < 4.78 is 27.7. The predicted molar refractivity (Wildman–Crippen MR) is 69.1 cm³/mol. The van der Waals surface area contributed by atoms with Crippen molar-refractivity contribution >= 4 is 21.6 Å². The third-order valence-electron chi connectivity index (χ3n) is 3.29. The molecule has 8 heteroatoms.